The van der Waals surface area contributed by atoms with Gasteiger partial charge in [0.1, 0.15) is 11.6 Å². The van der Waals surface area contributed by atoms with Gasteiger partial charge in [-0.15, -0.1) is 10.2 Å². The molecule has 1 aromatic heterocycles. The van der Waals surface area contributed by atoms with Gasteiger partial charge in [0.25, 0.3) is 0 Å². The van der Waals surface area contributed by atoms with E-state index in [9.17, 15) is 9.59 Å². The van der Waals surface area contributed by atoms with Gasteiger partial charge in [0.05, 0.1) is 6.42 Å². The minimum Gasteiger partial charge on any atom is -0.342 e. The number of piperidine rings is 1. The summed E-state index contributed by atoms with van der Waals surface area (Å²) >= 11 is 0. The van der Waals surface area contributed by atoms with Gasteiger partial charge in [-0.2, -0.15) is 0 Å². The minimum absolute atomic E-state index is 0.123. The van der Waals surface area contributed by atoms with Crippen LogP contribution in [0, 0.1) is 6.92 Å². The minimum atomic E-state index is 0.123. The van der Waals surface area contributed by atoms with E-state index in [-0.39, 0.29) is 17.7 Å². The Bertz CT molecular complexity index is 889. The zero-order chi connectivity index (χ0) is 20.4. The number of aromatic nitrogens is 3. The molecule has 1 saturated heterocycles. The van der Waals surface area contributed by atoms with Crippen molar-refractivity contribution in [2.75, 3.05) is 26.2 Å². The fourth-order valence-corrected chi connectivity index (χ4v) is 4.36. The van der Waals surface area contributed by atoms with Gasteiger partial charge in [-0.3, -0.25) is 9.59 Å². The molecule has 2 aromatic rings. The van der Waals surface area contributed by atoms with Gasteiger partial charge in [0, 0.05) is 52.0 Å². The number of hydrogen-bond acceptors (Lipinski definition) is 4. The fourth-order valence-electron chi connectivity index (χ4n) is 4.36. The molecular formula is C22H29N5O2. The number of carbonyl (C=O) groups excluding carboxylic acids is 2. The van der Waals surface area contributed by atoms with E-state index >= 15 is 0 Å². The van der Waals surface area contributed by atoms with Gasteiger partial charge in [-0.25, -0.2) is 0 Å². The van der Waals surface area contributed by atoms with Gasteiger partial charge >= 0.3 is 0 Å². The Morgan fingerprint density at radius 3 is 2.59 bits per heavy atom. The van der Waals surface area contributed by atoms with Crippen LogP contribution >= 0.6 is 0 Å². The van der Waals surface area contributed by atoms with E-state index in [0.29, 0.717) is 32.6 Å². The third-order valence-corrected chi connectivity index (χ3v) is 6.12. The molecule has 1 aromatic carbocycles. The highest BCUT2D eigenvalue weighted by Crippen LogP contribution is 2.27. The van der Waals surface area contributed by atoms with Crippen molar-refractivity contribution in [3.8, 4) is 0 Å². The highest BCUT2D eigenvalue weighted by atomic mass is 16.2. The van der Waals surface area contributed by atoms with E-state index in [4.69, 9.17) is 0 Å². The lowest BCUT2D eigenvalue weighted by atomic mass is 9.97. The first-order chi connectivity index (χ1) is 14.0. The molecule has 1 atom stereocenters. The van der Waals surface area contributed by atoms with Crippen LogP contribution in [0.15, 0.2) is 24.3 Å². The summed E-state index contributed by atoms with van der Waals surface area (Å²) in [5.74, 6) is 2.43. The second-order valence-corrected chi connectivity index (χ2v) is 8.22. The number of nitrogens with zero attached hydrogens (tertiary/aromatic N) is 5. The highest BCUT2D eigenvalue weighted by Gasteiger charge is 2.29. The molecule has 0 bridgehead atoms. The van der Waals surface area contributed by atoms with Crippen molar-refractivity contribution in [3.63, 3.8) is 0 Å². The number of likely N-dealkylation sites (tertiary alicyclic amines) is 1. The first kappa shape index (κ1) is 19.6. The third-order valence-electron chi connectivity index (χ3n) is 6.12. The molecule has 0 N–H and O–H groups in total. The molecule has 0 radical (unpaired) electrons. The molecule has 2 aliphatic rings. The lowest BCUT2D eigenvalue weighted by Gasteiger charge is -2.31. The van der Waals surface area contributed by atoms with Crippen LogP contribution < -0.4 is 0 Å². The molecule has 4 rings (SSSR count). The molecule has 0 spiro atoms. The molecule has 0 saturated carbocycles. The number of amides is 2. The number of rotatable bonds is 3. The number of hydrogen-bond donors (Lipinski definition) is 0. The maximum atomic E-state index is 12.8. The second-order valence-electron chi connectivity index (χ2n) is 8.22. The van der Waals surface area contributed by atoms with Crippen molar-refractivity contribution in [1.29, 1.82) is 0 Å². The summed E-state index contributed by atoms with van der Waals surface area (Å²) in [6, 6.07) is 8.16. The molecule has 29 heavy (non-hydrogen) atoms. The van der Waals surface area contributed by atoms with Gasteiger partial charge < -0.3 is 14.4 Å². The first-order valence-electron chi connectivity index (χ1n) is 10.5. The van der Waals surface area contributed by atoms with Gasteiger partial charge in [-0.1, -0.05) is 29.8 Å². The maximum absolute atomic E-state index is 12.8. The number of fused-ring (bicyclic) bond motifs is 1. The zero-order valence-corrected chi connectivity index (χ0v) is 17.3. The van der Waals surface area contributed by atoms with Crippen LogP contribution in [-0.4, -0.2) is 62.6 Å². The number of benzene rings is 1. The van der Waals surface area contributed by atoms with Crippen molar-refractivity contribution in [3.05, 3.63) is 47.0 Å². The Kier molecular flexibility index (Phi) is 5.65. The van der Waals surface area contributed by atoms with Crippen LogP contribution in [0.25, 0.3) is 0 Å². The Labute approximate surface area is 171 Å². The molecular weight excluding hydrogens is 366 g/mol. The average Bonchev–Trinajstić information content (AvgIpc) is 3.01. The lowest BCUT2D eigenvalue weighted by molar-refractivity contribution is -0.131. The predicted octanol–water partition coefficient (Wildman–Crippen LogP) is 1.94. The average molecular weight is 396 g/mol. The molecule has 7 nitrogen and oxygen atoms in total. The van der Waals surface area contributed by atoms with E-state index in [1.165, 1.54) is 5.56 Å². The van der Waals surface area contributed by atoms with Crippen LogP contribution in [0.3, 0.4) is 0 Å². The highest BCUT2D eigenvalue weighted by molar-refractivity contribution is 5.78. The molecule has 0 unspecified atom stereocenters. The smallest absolute Gasteiger partial charge is 0.227 e. The van der Waals surface area contributed by atoms with Crippen molar-refractivity contribution < 1.29 is 9.59 Å². The van der Waals surface area contributed by atoms with Crippen LogP contribution in [0.2, 0.25) is 0 Å². The van der Waals surface area contributed by atoms with Crippen molar-refractivity contribution in [2.24, 2.45) is 0 Å². The maximum Gasteiger partial charge on any atom is 0.227 e. The molecule has 0 aliphatic carbocycles. The summed E-state index contributed by atoms with van der Waals surface area (Å²) in [5, 5.41) is 8.90. The Hall–Kier alpha value is -2.70. The first-order valence-corrected chi connectivity index (χ1v) is 10.5. The summed E-state index contributed by atoms with van der Waals surface area (Å²) in [5.41, 5.74) is 2.25. The van der Waals surface area contributed by atoms with E-state index in [0.717, 1.165) is 43.0 Å². The Balaban J connectivity index is 1.42. The summed E-state index contributed by atoms with van der Waals surface area (Å²) in [6.45, 7) is 7.28. The largest absolute Gasteiger partial charge is 0.342 e. The summed E-state index contributed by atoms with van der Waals surface area (Å²) in [6.07, 6.45) is 3.17. The molecule has 1 fully saturated rings. The summed E-state index contributed by atoms with van der Waals surface area (Å²) in [7, 11) is 0. The van der Waals surface area contributed by atoms with Crippen LogP contribution in [0.5, 0.6) is 0 Å². The van der Waals surface area contributed by atoms with Gasteiger partial charge in [0.15, 0.2) is 0 Å². The molecule has 154 valence electrons. The van der Waals surface area contributed by atoms with Crippen LogP contribution in [0.4, 0.5) is 0 Å². The topological polar surface area (TPSA) is 71.3 Å². The molecule has 7 heteroatoms. The monoisotopic (exact) mass is 395 g/mol. The van der Waals surface area contributed by atoms with E-state index in [1.807, 2.05) is 34.1 Å². The second kappa shape index (κ2) is 8.35. The molecule has 3 heterocycles. The number of aryl methyl sites for hydroxylation is 1. The van der Waals surface area contributed by atoms with Crippen LogP contribution in [-0.2, 0) is 29.0 Å². The fraction of sp³-hybridized carbons (Fsp3) is 0.545. The van der Waals surface area contributed by atoms with Crippen molar-refractivity contribution in [1.82, 2.24) is 24.6 Å². The Morgan fingerprint density at radius 1 is 1.03 bits per heavy atom. The van der Waals surface area contributed by atoms with Crippen molar-refractivity contribution >= 4 is 11.8 Å². The SMILES string of the molecule is CC(=O)N1CCC[C@@H](c2nnc3n2CCN(C(=O)Cc2ccc(C)cc2)CC3)C1. The normalized spacial score (nSPS) is 19.6. The van der Waals surface area contributed by atoms with Gasteiger partial charge in [0.2, 0.25) is 11.8 Å². The standard InChI is InChI=1S/C22H29N5O2/c1-16-5-7-18(8-6-16)14-21(29)25-11-9-20-23-24-22(27(20)13-12-25)19-4-3-10-26(15-19)17(2)28/h5-8,19H,3-4,9-15H2,1-2H3/t19-/m1/s1. The van der Waals surface area contributed by atoms with Gasteiger partial charge in [-0.05, 0) is 25.3 Å². The quantitative estimate of drug-likeness (QED) is 0.796. The van der Waals surface area contributed by atoms with E-state index in [1.54, 1.807) is 6.92 Å². The van der Waals surface area contributed by atoms with E-state index in [2.05, 4.69) is 21.7 Å². The molecule has 2 amide bonds. The predicted molar refractivity (Wildman–Crippen MR) is 109 cm³/mol. The zero-order valence-electron chi connectivity index (χ0n) is 17.3. The van der Waals surface area contributed by atoms with E-state index < -0.39 is 0 Å². The van der Waals surface area contributed by atoms with Crippen molar-refractivity contribution in [2.45, 2.75) is 52.0 Å². The van der Waals surface area contributed by atoms with Crippen LogP contribution in [0.1, 0.15) is 48.5 Å². The Morgan fingerprint density at radius 2 is 1.83 bits per heavy atom. The lowest BCUT2D eigenvalue weighted by Crippen LogP contribution is -2.38. The number of carbonyl (C=O) groups is 2. The summed E-state index contributed by atoms with van der Waals surface area (Å²) in [4.78, 5) is 28.5. The third kappa shape index (κ3) is 4.33. The molecule has 2 aliphatic heterocycles. The summed E-state index contributed by atoms with van der Waals surface area (Å²) < 4.78 is 2.19.